The summed E-state index contributed by atoms with van der Waals surface area (Å²) in [4.78, 5) is 20.2. The molecular formula is C21H35IN4O2S. The zero-order chi connectivity index (χ0) is 19.6. The molecule has 0 aromatic carbocycles. The van der Waals surface area contributed by atoms with Gasteiger partial charge in [-0.05, 0) is 69.5 Å². The highest BCUT2D eigenvalue weighted by molar-refractivity contribution is 14.0. The number of esters is 1. The third-order valence-corrected chi connectivity index (χ3v) is 6.56. The molecule has 3 rings (SSSR count). The molecule has 0 spiro atoms. The van der Waals surface area contributed by atoms with Gasteiger partial charge in [0.2, 0.25) is 0 Å². The fourth-order valence-corrected chi connectivity index (χ4v) is 4.91. The number of carbonyl (C=O) groups is 1. The number of guanidine groups is 1. The summed E-state index contributed by atoms with van der Waals surface area (Å²) in [5.41, 5.74) is 0. The quantitative estimate of drug-likeness (QED) is 0.165. The topological polar surface area (TPSA) is 66.0 Å². The highest BCUT2D eigenvalue weighted by Gasteiger charge is 2.24. The van der Waals surface area contributed by atoms with Crippen LogP contribution in [0.4, 0.5) is 0 Å². The van der Waals surface area contributed by atoms with Gasteiger partial charge in [-0.15, -0.1) is 35.3 Å². The van der Waals surface area contributed by atoms with Gasteiger partial charge in [-0.2, -0.15) is 0 Å². The molecule has 0 bridgehead atoms. The minimum Gasteiger partial charge on any atom is -0.462 e. The second kappa shape index (κ2) is 13.4. The summed E-state index contributed by atoms with van der Waals surface area (Å²) in [7, 11) is 1.79. The molecule has 1 aliphatic carbocycles. The summed E-state index contributed by atoms with van der Waals surface area (Å²) < 4.78 is 5.51. The Morgan fingerprint density at radius 1 is 1.28 bits per heavy atom. The van der Waals surface area contributed by atoms with Gasteiger partial charge in [-0.1, -0.05) is 6.07 Å². The molecule has 2 N–H and O–H groups in total. The van der Waals surface area contributed by atoms with E-state index in [-0.39, 0.29) is 36.0 Å². The number of thiophene rings is 1. The number of hydrogen-bond acceptors (Lipinski definition) is 5. The van der Waals surface area contributed by atoms with Crippen LogP contribution in [0.2, 0.25) is 0 Å². The Kier molecular flexibility index (Phi) is 11.3. The van der Waals surface area contributed by atoms with E-state index in [1.165, 1.54) is 43.6 Å². The van der Waals surface area contributed by atoms with Gasteiger partial charge in [-0.25, -0.2) is 0 Å². The standard InChI is InChI=1S/C21H34N4O2S.HI/c1-22-21(23-12-6-11-20(26)27-17-8-2-3-9-17)24-16-18(19-10-7-15-28-19)25-13-4-5-14-25;/h7,10,15,17-18H,2-6,8-9,11-14,16H2,1H3,(H2,22,23,24);1H. The monoisotopic (exact) mass is 534 g/mol. The Morgan fingerprint density at radius 2 is 2.03 bits per heavy atom. The molecule has 2 heterocycles. The third-order valence-electron chi connectivity index (χ3n) is 5.59. The molecule has 8 heteroatoms. The number of rotatable bonds is 9. The van der Waals surface area contributed by atoms with Crippen LogP contribution in [0.3, 0.4) is 0 Å². The number of nitrogens with one attached hydrogen (secondary N) is 2. The van der Waals surface area contributed by atoms with Crippen molar-refractivity contribution in [2.45, 2.75) is 63.5 Å². The first-order valence-corrected chi connectivity index (χ1v) is 11.6. The largest absolute Gasteiger partial charge is 0.462 e. The fourth-order valence-electron chi connectivity index (χ4n) is 4.05. The van der Waals surface area contributed by atoms with Crippen molar-refractivity contribution in [1.29, 1.82) is 0 Å². The molecule has 0 radical (unpaired) electrons. The van der Waals surface area contributed by atoms with E-state index in [0.717, 1.165) is 31.8 Å². The van der Waals surface area contributed by atoms with Crippen molar-refractivity contribution >= 4 is 47.2 Å². The molecule has 1 unspecified atom stereocenters. The molecule has 1 atom stereocenters. The summed E-state index contributed by atoms with van der Waals surface area (Å²) in [6.45, 7) is 3.88. The lowest BCUT2D eigenvalue weighted by Crippen LogP contribution is -2.42. The number of ether oxygens (including phenoxy) is 1. The van der Waals surface area contributed by atoms with Crippen LogP contribution in [-0.4, -0.2) is 56.2 Å². The molecule has 0 amide bonds. The van der Waals surface area contributed by atoms with Crippen LogP contribution in [0.15, 0.2) is 22.5 Å². The molecule has 164 valence electrons. The van der Waals surface area contributed by atoms with Crippen molar-refractivity contribution in [3.8, 4) is 0 Å². The molecule has 29 heavy (non-hydrogen) atoms. The number of carbonyl (C=O) groups excluding carboxylic acids is 1. The van der Waals surface area contributed by atoms with Crippen molar-refractivity contribution < 1.29 is 9.53 Å². The fraction of sp³-hybridized carbons (Fsp3) is 0.714. The first-order chi connectivity index (χ1) is 13.8. The Labute approximate surface area is 195 Å². The maximum Gasteiger partial charge on any atom is 0.306 e. The molecule has 2 aliphatic rings. The van der Waals surface area contributed by atoms with E-state index in [1.54, 1.807) is 7.05 Å². The number of aliphatic imine (C=N–C) groups is 1. The van der Waals surface area contributed by atoms with E-state index in [2.05, 4.69) is 38.0 Å². The highest BCUT2D eigenvalue weighted by Crippen LogP contribution is 2.27. The van der Waals surface area contributed by atoms with Gasteiger partial charge in [0, 0.05) is 31.4 Å². The highest BCUT2D eigenvalue weighted by atomic mass is 127. The third kappa shape index (κ3) is 8.05. The van der Waals surface area contributed by atoms with Gasteiger partial charge >= 0.3 is 5.97 Å². The summed E-state index contributed by atoms with van der Waals surface area (Å²) in [5, 5.41) is 8.94. The van der Waals surface area contributed by atoms with Crippen LogP contribution in [-0.2, 0) is 9.53 Å². The van der Waals surface area contributed by atoms with Crippen molar-refractivity contribution in [3.63, 3.8) is 0 Å². The van der Waals surface area contributed by atoms with Crippen LogP contribution in [0, 0.1) is 0 Å². The van der Waals surface area contributed by atoms with E-state index in [4.69, 9.17) is 4.74 Å². The maximum absolute atomic E-state index is 11.9. The van der Waals surface area contributed by atoms with Gasteiger partial charge < -0.3 is 15.4 Å². The maximum atomic E-state index is 11.9. The van der Waals surface area contributed by atoms with Crippen LogP contribution >= 0.6 is 35.3 Å². The summed E-state index contributed by atoms with van der Waals surface area (Å²) in [6, 6.07) is 4.74. The number of halogens is 1. The minimum atomic E-state index is -0.0663. The SMILES string of the molecule is CN=C(NCCCC(=O)OC1CCCC1)NCC(c1cccs1)N1CCCC1.I. The van der Waals surface area contributed by atoms with Crippen molar-refractivity contribution in [3.05, 3.63) is 22.4 Å². The molecule has 2 fully saturated rings. The number of nitrogens with zero attached hydrogens (tertiary/aromatic N) is 2. The first-order valence-electron chi connectivity index (χ1n) is 10.7. The van der Waals surface area contributed by atoms with Gasteiger partial charge in [-0.3, -0.25) is 14.7 Å². The number of hydrogen-bond donors (Lipinski definition) is 2. The normalized spacial score (nSPS) is 19.0. The second-order valence-corrected chi connectivity index (χ2v) is 8.63. The van der Waals surface area contributed by atoms with Crippen LogP contribution in [0.25, 0.3) is 0 Å². The lowest BCUT2D eigenvalue weighted by Gasteiger charge is -2.27. The summed E-state index contributed by atoms with van der Waals surface area (Å²) >= 11 is 1.82. The predicted molar refractivity (Wildman–Crippen MR) is 130 cm³/mol. The predicted octanol–water partition coefficient (Wildman–Crippen LogP) is 3.93. The molecule has 6 nitrogen and oxygen atoms in total. The van der Waals surface area contributed by atoms with E-state index >= 15 is 0 Å². The molecule has 1 saturated carbocycles. The smallest absolute Gasteiger partial charge is 0.306 e. The van der Waals surface area contributed by atoms with E-state index < -0.39 is 0 Å². The molecular weight excluding hydrogens is 499 g/mol. The molecule has 1 aromatic rings. The van der Waals surface area contributed by atoms with E-state index in [9.17, 15) is 4.79 Å². The van der Waals surface area contributed by atoms with Crippen molar-refractivity contribution in [1.82, 2.24) is 15.5 Å². The number of likely N-dealkylation sites (tertiary alicyclic amines) is 1. The molecule has 1 saturated heterocycles. The van der Waals surface area contributed by atoms with Crippen LogP contribution < -0.4 is 10.6 Å². The Bertz CT molecular complexity index is 614. The van der Waals surface area contributed by atoms with Crippen molar-refractivity contribution in [2.75, 3.05) is 33.2 Å². The first kappa shape index (κ1) is 24.4. The molecule has 1 aromatic heterocycles. The van der Waals surface area contributed by atoms with Gasteiger partial charge in [0.25, 0.3) is 0 Å². The Morgan fingerprint density at radius 3 is 2.69 bits per heavy atom. The van der Waals surface area contributed by atoms with Crippen LogP contribution in [0.5, 0.6) is 0 Å². The van der Waals surface area contributed by atoms with Gasteiger partial charge in [0.05, 0.1) is 6.04 Å². The average Bonchev–Trinajstić information content (AvgIpc) is 3.47. The zero-order valence-electron chi connectivity index (χ0n) is 17.4. The second-order valence-electron chi connectivity index (χ2n) is 7.65. The van der Waals surface area contributed by atoms with Gasteiger partial charge in [0.15, 0.2) is 5.96 Å². The Balaban J connectivity index is 0.00000300. The molecule has 1 aliphatic heterocycles. The minimum absolute atomic E-state index is 0. The lowest BCUT2D eigenvalue weighted by molar-refractivity contribution is -0.148. The average molecular weight is 535 g/mol. The zero-order valence-corrected chi connectivity index (χ0v) is 20.5. The van der Waals surface area contributed by atoms with E-state index in [1.807, 2.05) is 11.3 Å². The summed E-state index contributed by atoms with van der Waals surface area (Å²) in [5.74, 6) is 0.730. The van der Waals surface area contributed by atoms with E-state index in [0.29, 0.717) is 19.0 Å². The van der Waals surface area contributed by atoms with Gasteiger partial charge in [0.1, 0.15) is 6.10 Å². The van der Waals surface area contributed by atoms with Crippen molar-refractivity contribution in [2.24, 2.45) is 4.99 Å². The lowest BCUT2D eigenvalue weighted by atomic mass is 10.2. The Hall–Kier alpha value is -0.870. The van der Waals surface area contributed by atoms with Crippen LogP contribution in [0.1, 0.15) is 62.3 Å². The summed E-state index contributed by atoms with van der Waals surface area (Å²) in [6.07, 6.45) is 8.38.